The predicted octanol–water partition coefficient (Wildman–Crippen LogP) is 0.729. The Morgan fingerprint density at radius 3 is 2.44 bits per heavy atom. The Kier molecular flexibility index (Phi) is 6.70. The topological polar surface area (TPSA) is 206 Å². The fourth-order valence-electron chi connectivity index (χ4n) is 3.49. The second-order valence-electron chi connectivity index (χ2n) is 7.59. The summed E-state index contributed by atoms with van der Waals surface area (Å²) in [5.74, 6) is -3.26. The second-order valence-corrected chi connectivity index (χ2v) is 8.61. The molecule has 0 spiro atoms. The van der Waals surface area contributed by atoms with Crippen LogP contribution in [0.1, 0.15) is 5.56 Å². The summed E-state index contributed by atoms with van der Waals surface area (Å²) in [5.41, 5.74) is 0.261. The first-order valence-electron chi connectivity index (χ1n) is 10.0. The quantitative estimate of drug-likeness (QED) is 0.269. The molecule has 0 amide bonds. The number of halogens is 1. The van der Waals surface area contributed by atoms with Crippen molar-refractivity contribution in [2.45, 2.75) is 30.7 Å². The second kappa shape index (κ2) is 9.45. The fourth-order valence-corrected chi connectivity index (χ4v) is 3.83. The van der Waals surface area contributed by atoms with Crippen molar-refractivity contribution >= 4 is 33.5 Å². The fraction of sp³-hybridized carbons (Fsp3) is 0.238. The summed E-state index contributed by atoms with van der Waals surface area (Å²) in [5, 5.41) is 38.8. The third-order valence-electron chi connectivity index (χ3n) is 5.15. The highest BCUT2D eigenvalue weighted by molar-refractivity contribution is 7.81. The van der Waals surface area contributed by atoms with Crippen LogP contribution in [0.25, 0.3) is 28.6 Å². The number of rotatable bonds is 7. The standard InChI is InChI=1S/C21H18FNO12S/c1-2-8-5-10(35-36(29,30)31)7-13-17(8)33-19(23-13)11-4-3-9(6-12(11)22)32-21-16(26)14(24)15(25)18(34-21)20(27)28/h2-7,14-16,18,21,24-26H,1H2,(H,27,28)(H,29,30,31)/t14-,15-,16+,18-,21+/m0/s1. The van der Waals surface area contributed by atoms with Gasteiger partial charge in [0.05, 0.1) is 5.56 Å². The summed E-state index contributed by atoms with van der Waals surface area (Å²) in [7, 11) is -4.82. The van der Waals surface area contributed by atoms with Crippen molar-refractivity contribution in [3.63, 3.8) is 0 Å². The molecule has 13 nitrogen and oxygen atoms in total. The first kappa shape index (κ1) is 25.5. The van der Waals surface area contributed by atoms with Gasteiger partial charge in [-0.2, -0.15) is 8.42 Å². The SMILES string of the molecule is C=Cc1cc(OS(=O)(=O)O)cc2nc(-c3ccc(O[C@@H]4O[C@H](C(=O)O)[C@@H](O)[C@H](O)[C@H]4O)cc3F)oc12. The molecule has 1 aliphatic rings. The summed E-state index contributed by atoms with van der Waals surface area (Å²) < 4.78 is 66.1. The van der Waals surface area contributed by atoms with Gasteiger partial charge in [0.15, 0.2) is 11.7 Å². The summed E-state index contributed by atoms with van der Waals surface area (Å²) in [6.45, 7) is 3.57. The number of fused-ring (bicyclic) bond motifs is 1. The number of benzene rings is 2. The molecule has 2 heterocycles. The lowest BCUT2D eigenvalue weighted by Gasteiger charge is -2.38. The van der Waals surface area contributed by atoms with Crippen molar-refractivity contribution in [2.24, 2.45) is 0 Å². The first-order chi connectivity index (χ1) is 16.9. The van der Waals surface area contributed by atoms with Crippen molar-refractivity contribution < 1.29 is 60.7 Å². The molecule has 4 rings (SSSR count). The molecule has 0 bridgehead atoms. The van der Waals surface area contributed by atoms with Gasteiger partial charge in [0.25, 0.3) is 0 Å². The van der Waals surface area contributed by atoms with Crippen LogP contribution in [-0.4, -0.2) is 75.1 Å². The highest BCUT2D eigenvalue weighted by Gasteiger charge is 2.48. The molecule has 15 heteroatoms. The first-order valence-corrected chi connectivity index (χ1v) is 11.4. The van der Waals surface area contributed by atoms with Crippen LogP contribution in [0, 0.1) is 5.82 Å². The van der Waals surface area contributed by atoms with Crippen molar-refractivity contribution in [1.29, 1.82) is 0 Å². The van der Waals surface area contributed by atoms with Crippen LogP contribution >= 0.6 is 0 Å². The highest BCUT2D eigenvalue weighted by Crippen LogP contribution is 2.34. The van der Waals surface area contributed by atoms with Crippen molar-refractivity contribution in [3.8, 4) is 23.0 Å². The summed E-state index contributed by atoms with van der Waals surface area (Å²) in [6, 6.07) is 5.61. The van der Waals surface area contributed by atoms with Crippen LogP contribution in [0.15, 0.2) is 41.3 Å². The molecule has 0 saturated carbocycles. The minimum Gasteiger partial charge on any atom is -0.479 e. The van der Waals surface area contributed by atoms with E-state index in [0.29, 0.717) is 0 Å². The van der Waals surface area contributed by atoms with Crippen molar-refractivity contribution in [2.75, 3.05) is 0 Å². The van der Waals surface area contributed by atoms with Gasteiger partial charge in [-0.3, -0.25) is 4.55 Å². The van der Waals surface area contributed by atoms with E-state index in [0.717, 1.165) is 12.1 Å². The largest absolute Gasteiger partial charge is 0.479 e. The number of carboxylic acids is 1. The molecular formula is C21H18FNO12S. The average molecular weight is 527 g/mol. The van der Waals surface area contributed by atoms with E-state index >= 15 is 0 Å². The number of ether oxygens (including phenoxy) is 2. The molecule has 192 valence electrons. The van der Waals surface area contributed by atoms with Crippen LogP contribution in [0.2, 0.25) is 0 Å². The Balaban J connectivity index is 1.62. The van der Waals surface area contributed by atoms with E-state index in [4.69, 9.17) is 23.6 Å². The van der Waals surface area contributed by atoms with Gasteiger partial charge >= 0.3 is 16.4 Å². The maximum Gasteiger partial charge on any atom is 0.446 e. The van der Waals surface area contributed by atoms with Gasteiger partial charge in [-0.05, 0) is 18.2 Å². The zero-order valence-electron chi connectivity index (χ0n) is 17.9. The van der Waals surface area contributed by atoms with Crippen LogP contribution in [0.4, 0.5) is 4.39 Å². The van der Waals surface area contributed by atoms with Gasteiger partial charge in [-0.15, -0.1) is 0 Å². The number of oxazole rings is 1. The van der Waals surface area contributed by atoms with Crippen LogP contribution < -0.4 is 8.92 Å². The number of carbonyl (C=O) groups is 1. The lowest BCUT2D eigenvalue weighted by Crippen LogP contribution is -2.61. The Morgan fingerprint density at radius 2 is 1.83 bits per heavy atom. The molecule has 1 fully saturated rings. The van der Waals surface area contributed by atoms with E-state index in [2.05, 4.69) is 15.7 Å². The van der Waals surface area contributed by atoms with Crippen molar-refractivity contribution in [1.82, 2.24) is 4.98 Å². The number of aliphatic hydroxyl groups is 3. The lowest BCUT2D eigenvalue weighted by atomic mass is 9.99. The molecule has 0 unspecified atom stereocenters. The lowest BCUT2D eigenvalue weighted by molar-refractivity contribution is -0.271. The molecular weight excluding hydrogens is 509 g/mol. The summed E-state index contributed by atoms with van der Waals surface area (Å²) >= 11 is 0. The number of hydrogen-bond donors (Lipinski definition) is 5. The molecule has 0 radical (unpaired) electrons. The maximum atomic E-state index is 14.9. The van der Waals surface area contributed by atoms with Gasteiger partial charge in [-0.25, -0.2) is 14.2 Å². The van der Waals surface area contributed by atoms with E-state index in [9.17, 15) is 32.9 Å². The Morgan fingerprint density at radius 1 is 1.11 bits per heavy atom. The van der Waals surface area contributed by atoms with E-state index in [-0.39, 0.29) is 39.6 Å². The third-order valence-corrected chi connectivity index (χ3v) is 5.55. The van der Waals surface area contributed by atoms with E-state index < -0.39 is 52.9 Å². The Bertz CT molecular complexity index is 1440. The molecule has 1 aliphatic heterocycles. The molecule has 0 aliphatic carbocycles. The zero-order chi connectivity index (χ0) is 26.4. The number of hydrogen-bond acceptors (Lipinski definition) is 11. The molecule has 1 saturated heterocycles. The molecule has 3 aromatic rings. The van der Waals surface area contributed by atoms with Gasteiger partial charge in [0, 0.05) is 17.7 Å². The zero-order valence-corrected chi connectivity index (χ0v) is 18.7. The van der Waals surface area contributed by atoms with E-state index in [1.807, 2.05) is 0 Å². The van der Waals surface area contributed by atoms with Crippen LogP contribution in [0.5, 0.6) is 11.5 Å². The van der Waals surface area contributed by atoms with Crippen LogP contribution in [0.3, 0.4) is 0 Å². The maximum absolute atomic E-state index is 14.9. The van der Waals surface area contributed by atoms with Gasteiger partial charge in [0.1, 0.15) is 41.1 Å². The average Bonchev–Trinajstić information content (AvgIpc) is 3.21. The van der Waals surface area contributed by atoms with Gasteiger partial charge in [-0.1, -0.05) is 12.7 Å². The number of aliphatic carboxylic acids is 1. The smallest absolute Gasteiger partial charge is 0.446 e. The molecule has 5 atom stereocenters. The summed E-state index contributed by atoms with van der Waals surface area (Å²) in [4.78, 5) is 15.3. The minimum atomic E-state index is -4.82. The molecule has 36 heavy (non-hydrogen) atoms. The summed E-state index contributed by atoms with van der Waals surface area (Å²) in [6.07, 6.45) is -8.00. The third kappa shape index (κ3) is 5.01. The van der Waals surface area contributed by atoms with Gasteiger partial charge in [0.2, 0.25) is 12.2 Å². The highest BCUT2D eigenvalue weighted by atomic mass is 32.3. The molecule has 2 aromatic carbocycles. The van der Waals surface area contributed by atoms with Gasteiger partial charge < -0.3 is 38.5 Å². The molecule has 5 N–H and O–H groups in total. The predicted molar refractivity (Wildman–Crippen MR) is 117 cm³/mol. The Labute approximate surface area is 201 Å². The normalized spacial score (nSPS) is 24.4. The molecule has 1 aromatic heterocycles. The number of aliphatic hydroxyl groups excluding tert-OH is 3. The monoisotopic (exact) mass is 527 g/mol. The van der Waals surface area contributed by atoms with E-state index in [1.54, 1.807) is 0 Å². The van der Waals surface area contributed by atoms with Crippen molar-refractivity contribution in [3.05, 3.63) is 48.3 Å². The Hall–Kier alpha value is -3.60. The van der Waals surface area contributed by atoms with Crippen LogP contribution in [-0.2, 0) is 19.9 Å². The number of carboxylic acid groups (broad SMARTS) is 1. The minimum absolute atomic E-state index is 0.0618. The van der Waals surface area contributed by atoms with E-state index in [1.165, 1.54) is 24.3 Å². The number of aromatic nitrogens is 1. The number of nitrogens with zero attached hydrogens (tertiary/aromatic N) is 1.